The van der Waals surface area contributed by atoms with Crippen LogP contribution in [0.25, 0.3) is 0 Å². The molecular formula is C13H22F2N2O2. The van der Waals surface area contributed by atoms with Gasteiger partial charge in [-0.25, -0.2) is 8.78 Å². The molecule has 1 N–H and O–H groups in total. The summed E-state index contributed by atoms with van der Waals surface area (Å²) in [6, 6.07) is 0.761. The molecule has 0 spiro atoms. The summed E-state index contributed by atoms with van der Waals surface area (Å²) < 4.78 is 28.6. The summed E-state index contributed by atoms with van der Waals surface area (Å²) in [4.78, 5) is 14.0. The number of hydrogen-bond acceptors (Lipinski definition) is 3. The highest BCUT2D eigenvalue weighted by Gasteiger charge is 2.34. The standard InChI is InChI=1S/C13H22F2N2O2/c14-12(15)9-19-7-5-13(18)17(11-3-4-11)8-10-2-1-6-16-10/h10-12,16H,1-9H2. The maximum absolute atomic E-state index is 12.1. The van der Waals surface area contributed by atoms with Gasteiger partial charge in [0, 0.05) is 18.6 Å². The predicted octanol–water partition coefficient (Wildman–Crippen LogP) is 1.40. The molecule has 2 fully saturated rings. The van der Waals surface area contributed by atoms with Gasteiger partial charge in [0.05, 0.1) is 13.0 Å². The molecule has 0 bridgehead atoms. The van der Waals surface area contributed by atoms with E-state index in [0.717, 1.165) is 38.8 Å². The molecule has 19 heavy (non-hydrogen) atoms. The zero-order valence-electron chi connectivity index (χ0n) is 11.1. The van der Waals surface area contributed by atoms with Crippen molar-refractivity contribution in [1.82, 2.24) is 10.2 Å². The molecule has 4 nitrogen and oxygen atoms in total. The predicted molar refractivity (Wildman–Crippen MR) is 67.2 cm³/mol. The molecule has 0 radical (unpaired) electrons. The van der Waals surface area contributed by atoms with Crippen LogP contribution in [0.3, 0.4) is 0 Å². The van der Waals surface area contributed by atoms with Gasteiger partial charge in [-0.05, 0) is 32.2 Å². The van der Waals surface area contributed by atoms with Gasteiger partial charge < -0.3 is 15.0 Å². The largest absolute Gasteiger partial charge is 0.375 e. The van der Waals surface area contributed by atoms with Gasteiger partial charge in [-0.2, -0.15) is 0 Å². The topological polar surface area (TPSA) is 41.6 Å². The maximum atomic E-state index is 12.1. The fraction of sp³-hybridized carbons (Fsp3) is 0.923. The third-order valence-corrected chi connectivity index (χ3v) is 3.59. The van der Waals surface area contributed by atoms with E-state index in [4.69, 9.17) is 4.74 Å². The van der Waals surface area contributed by atoms with E-state index < -0.39 is 13.0 Å². The summed E-state index contributed by atoms with van der Waals surface area (Å²) >= 11 is 0. The number of carbonyl (C=O) groups excluding carboxylic acids is 1. The fourth-order valence-electron chi connectivity index (χ4n) is 2.47. The fourth-order valence-corrected chi connectivity index (χ4v) is 2.47. The van der Waals surface area contributed by atoms with Crippen molar-refractivity contribution >= 4 is 5.91 Å². The molecule has 1 amide bonds. The van der Waals surface area contributed by atoms with Crippen LogP contribution in [0.5, 0.6) is 0 Å². The Hall–Kier alpha value is -0.750. The summed E-state index contributed by atoms with van der Waals surface area (Å²) in [5, 5.41) is 3.38. The molecule has 0 aromatic carbocycles. The minimum atomic E-state index is -2.46. The first kappa shape index (κ1) is 14.7. The van der Waals surface area contributed by atoms with Gasteiger partial charge in [0.1, 0.15) is 6.61 Å². The van der Waals surface area contributed by atoms with Crippen LogP contribution in [0, 0.1) is 0 Å². The lowest BCUT2D eigenvalue weighted by atomic mass is 10.2. The van der Waals surface area contributed by atoms with E-state index >= 15 is 0 Å². The normalized spacial score (nSPS) is 23.0. The Morgan fingerprint density at radius 3 is 2.74 bits per heavy atom. The van der Waals surface area contributed by atoms with E-state index in [2.05, 4.69) is 5.32 Å². The van der Waals surface area contributed by atoms with Crippen molar-refractivity contribution in [2.24, 2.45) is 0 Å². The van der Waals surface area contributed by atoms with Crippen LogP contribution in [0.4, 0.5) is 8.78 Å². The number of nitrogens with one attached hydrogen (secondary N) is 1. The van der Waals surface area contributed by atoms with E-state index in [0.29, 0.717) is 12.1 Å². The van der Waals surface area contributed by atoms with Crippen LogP contribution in [0.15, 0.2) is 0 Å². The average Bonchev–Trinajstić information content (AvgIpc) is 3.08. The van der Waals surface area contributed by atoms with Gasteiger partial charge in [0.25, 0.3) is 6.43 Å². The third-order valence-electron chi connectivity index (χ3n) is 3.59. The van der Waals surface area contributed by atoms with Gasteiger partial charge in [-0.1, -0.05) is 0 Å². The van der Waals surface area contributed by atoms with Gasteiger partial charge in [-0.15, -0.1) is 0 Å². The molecule has 110 valence electrons. The summed E-state index contributed by atoms with van der Waals surface area (Å²) in [5.41, 5.74) is 0. The van der Waals surface area contributed by atoms with E-state index in [1.807, 2.05) is 4.90 Å². The molecule has 1 aliphatic carbocycles. The molecule has 1 heterocycles. The Balaban J connectivity index is 1.70. The zero-order valence-corrected chi connectivity index (χ0v) is 11.1. The SMILES string of the molecule is O=C(CCOCC(F)F)N(CC1CCCN1)C1CC1. The van der Waals surface area contributed by atoms with Gasteiger partial charge >= 0.3 is 0 Å². The zero-order chi connectivity index (χ0) is 13.7. The molecule has 1 saturated carbocycles. The number of halogens is 2. The minimum absolute atomic E-state index is 0.0328. The van der Waals surface area contributed by atoms with Gasteiger partial charge in [0.15, 0.2) is 0 Å². The number of carbonyl (C=O) groups is 1. The van der Waals surface area contributed by atoms with Crippen molar-refractivity contribution in [2.75, 3.05) is 26.3 Å². The lowest BCUT2D eigenvalue weighted by Gasteiger charge is -2.26. The number of ether oxygens (including phenoxy) is 1. The van der Waals surface area contributed by atoms with Crippen LogP contribution >= 0.6 is 0 Å². The first-order valence-corrected chi connectivity index (χ1v) is 7.05. The monoisotopic (exact) mass is 276 g/mol. The number of rotatable bonds is 8. The lowest BCUT2D eigenvalue weighted by Crippen LogP contribution is -2.42. The van der Waals surface area contributed by atoms with Crippen molar-refractivity contribution in [3.05, 3.63) is 0 Å². The van der Waals surface area contributed by atoms with Crippen molar-refractivity contribution < 1.29 is 18.3 Å². The summed E-state index contributed by atoms with van der Waals surface area (Å²) in [6.45, 7) is 1.28. The van der Waals surface area contributed by atoms with E-state index in [-0.39, 0.29) is 18.9 Å². The summed E-state index contributed by atoms with van der Waals surface area (Å²) in [6.07, 6.45) is 2.15. The van der Waals surface area contributed by atoms with Crippen LogP contribution in [-0.2, 0) is 9.53 Å². The Morgan fingerprint density at radius 2 is 2.16 bits per heavy atom. The number of amides is 1. The highest BCUT2D eigenvalue weighted by Crippen LogP contribution is 2.28. The summed E-state index contributed by atoms with van der Waals surface area (Å²) in [7, 11) is 0. The molecule has 1 unspecified atom stereocenters. The van der Waals surface area contributed by atoms with Crippen LogP contribution in [-0.4, -0.2) is 55.6 Å². The second-order valence-corrected chi connectivity index (χ2v) is 5.29. The number of hydrogen-bond donors (Lipinski definition) is 1. The molecule has 6 heteroatoms. The van der Waals surface area contributed by atoms with E-state index in [9.17, 15) is 13.6 Å². The van der Waals surface area contributed by atoms with Crippen molar-refractivity contribution in [1.29, 1.82) is 0 Å². The van der Waals surface area contributed by atoms with Crippen molar-refractivity contribution in [3.8, 4) is 0 Å². The van der Waals surface area contributed by atoms with Crippen molar-refractivity contribution in [2.45, 2.75) is 50.6 Å². The molecule has 1 saturated heterocycles. The molecule has 1 atom stereocenters. The molecule has 2 aliphatic rings. The Morgan fingerprint density at radius 1 is 1.37 bits per heavy atom. The minimum Gasteiger partial charge on any atom is -0.375 e. The van der Waals surface area contributed by atoms with Crippen LogP contribution < -0.4 is 5.32 Å². The number of nitrogens with zero attached hydrogens (tertiary/aromatic N) is 1. The van der Waals surface area contributed by atoms with E-state index in [1.165, 1.54) is 0 Å². The quantitative estimate of drug-likeness (QED) is 0.681. The Kier molecular flexibility index (Phi) is 5.51. The Bertz CT molecular complexity index is 292. The summed E-state index contributed by atoms with van der Waals surface area (Å²) in [5.74, 6) is 0.0328. The lowest BCUT2D eigenvalue weighted by molar-refractivity contribution is -0.133. The maximum Gasteiger partial charge on any atom is 0.261 e. The first-order valence-electron chi connectivity index (χ1n) is 7.05. The van der Waals surface area contributed by atoms with Gasteiger partial charge in [0.2, 0.25) is 5.91 Å². The molecule has 0 aromatic heterocycles. The van der Waals surface area contributed by atoms with Crippen molar-refractivity contribution in [3.63, 3.8) is 0 Å². The second-order valence-electron chi connectivity index (χ2n) is 5.29. The second kappa shape index (κ2) is 7.14. The highest BCUT2D eigenvalue weighted by molar-refractivity contribution is 5.77. The van der Waals surface area contributed by atoms with E-state index in [1.54, 1.807) is 0 Å². The molecule has 0 aromatic rings. The molecule has 2 rings (SSSR count). The number of alkyl halides is 2. The van der Waals surface area contributed by atoms with Crippen LogP contribution in [0.2, 0.25) is 0 Å². The highest BCUT2D eigenvalue weighted by atomic mass is 19.3. The third kappa shape index (κ3) is 5.03. The first-order chi connectivity index (χ1) is 9.16. The molecule has 1 aliphatic heterocycles. The molecular weight excluding hydrogens is 254 g/mol. The van der Waals surface area contributed by atoms with Gasteiger partial charge in [-0.3, -0.25) is 4.79 Å². The average molecular weight is 276 g/mol. The Labute approximate surface area is 112 Å². The smallest absolute Gasteiger partial charge is 0.261 e. The van der Waals surface area contributed by atoms with Crippen LogP contribution in [0.1, 0.15) is 32.1 Å².